The van der Waals surface area contributed by atoms with Gasteiger partial charge in [0.05, 0.1) is 11.0 Å². The van der Waals surface area contributed by atoms with Crippen LogP contribution in [0.4, 0.5) is 0 Å². The second-order valence-electron chi connectivity index (χ2n) is 4.10. The molecule has 80 valence electrons. The van der Waals surface area contributed by atoms with Crippen LogP contribution in [0.1, 0.15) is 38.7 Å². The minimum Gasteiger partial charge on any atom is -0.385 e. The summed E-state index contributed by atoms with van der Waals surface area (Å²) in [5, 5.41) is 9.67. The van der Waals surface area contributed by atoms with Crippen molar-refractivity contribution in [3.05, 3.63) is 30.1 Å². The van der Waals surface area contributed by atoms with Crippen LogP contribution in [0.3, 0.4) is 0 Å². The van der Waals surface area contributed by atoms with E-state index in [4.69, 9.17) is 0 Å². The van der Waals surface area contributed by atoms with Gasteiger partial charge < -0.3 is 9.67 Å². The van der Waals surface area contributed by atoms with Crippen LogP contribution in [0.25, 0.3) is 11.0 Å². The summed E-state index contributed by atoms with van der Waals surface area (Å²) in [6.45, 7) is 5.94. The molecule has 1 aromatic carbocycles. The fraction of sp³-hybridized carbons (Fsp3) is 0.417. The molecular weight excluding hydrogens is 188 g/mol. The predicted molar refractivity (Wildman–Crippen MR) is 60.8 cm³/mol. The molecule has 2 aromatic rings. The summed E-state index contributed by atoms with van der Waals surface area (Å²) in [6.07, 6.45) is -0.528. The summed E-state index contributed by atoms with van der Waals surface area (Å²) >= 11 is 0. The Kier molecular flexibility index (Phi) is 2.49. The van der Waals surface area contributed by atoms with Gasteiger partial charge in [-0.15, -0.1) is 0 Å². The molecular formula is C12H16N2O. The molecule has 2 rings (SSSR count). The minimum atomic E-state index is -0.528. The van der Waals surface area contributed by atoms with Gasteiger partial charge in [-0.25, -0.2) is 4.98 Å². The Bertz CT molecular complexity index is 471. The van der Waals surface area contributed by atoms with Crippen molar-refractivity contribution in [2.75, 3.05) is 0 Å². The maximum absolute atomic E-state index is 9.67. The quantitative estimate of drug-likeness (QED) is 0.816. The first-order valence-electron chi connectivity index (χ1n) is 5.26. The zero-order chi connectivity index (χ0) is 11.0. The van der Waals surface area contributed by atoms with Crippen molar-refractivity contribution in [3.63, 3.8) is 0 Å². The van der Waals surface area contributed by atoms with Crippen LogP contribution in [-0.4, -0.2) is 14.7 Å². The summed E-state index contributed by atoms with van der Waals surface area (Å²) in [5.41, 5.74) is 2.03. The van der Waals surface area contributed by atoms with Crippen LogP contribution in [-0.2, 0) is 0 Å². The van der Waals surface area contributed by atoms with Crippen molar-refractivity contribution in [2.45, 2.75) is 32.9 Å². The summed E-state index contributed by atoms with van der Waals surface area (Å²) in [7, 11) is 0. The Morgan fingerprint density at radius 3 is 2.47 bits per heavy atom. The molecule has 0 amide bonds. The Balaban J connectivity index is 2.75. The lowest BCUT2D eigenvalue weighted by Crippen LogP contribution is -2.08. The van der Waals surface area contributed by atoms with E-state index in [9.17, 15) is 5.11 Å². The normalized spacial score (nSPS) is 13.7. The van der Waals surface area contributed by atoms with Crippen LogP contribution in [0.5, 0.6) is 0 Å². The third kappa shape index (κ3) is 1.63. The van der Waals surface area contributed by atoms with E-state index in [1.54, 1.807) is 6.92 Å². The largest absolute Gasteiger partial charge is 0.385 e. The van der Waals surface area contributed by atoms with Gasteiger partial charge in [-0.3, -0.25) is 0 Å². The zero-order valence-corrected chi connectivity index (χ0v) is 9.31. The van der Waals surface area contributed by atoms with Crippen molar-refractivity contribution in [1.29, 1.82) is 0 Å². The van der Waals surface area contributed by atoms with E-state index in [1.807, 2.05) is 24.3 Å². The van der Waals surface area contributed by atoms with Gasteiger partial charge in [0.15, 0.2) is 0 Å². The number of nitrogens with zero attached hydrogens (tertiary/aromatic N) is 2. The smallest absolute Gasteiger partial charge is 0.138 e. The number of imidazole rings is 1. The number of para-hydroxylation sites is 2. The molecule has 0 spiro atoms. The van der Waals surface area contributed by atoms with Crippen molar-refractivity contribution in [2.24, 2.45) is 0 Å². The fourth-order valence-electron chi connectivity index (χ4n) is 1.90. The Hall–Kier alpha value is -1.35. The highest BCUT2D eigenvalue weighted by atomic mass is 16.3. The van der Waals surface area contributed by atoms with E-state index in [0.29, 0.717) is 6.04 Å². The second kappa shape index (κ2) is 3.66. The number of rotatable bonds is 2. The number of benzene rings is 1. The Morgan fingerprint density at radius 2 is 1.87 bits per heavy atom. The molecule has 0 radical (unpaired) electrons. The number of aliphatic hydroxyl groups excluding tert-OH is 1. The standard InChI is InChI=1S/C12H16N2O/c1-8(2)14-11-7-5-4-6-10(11)13-12(14)9(3)15/h4-9,15H,1-3H3/t9-/m1/s1. The number of aliphatic hydroxyl groups is 1. The minimum absolute atomic E-state index is 0.307. The molecule has 0 saturated heterocycles. The topological polar surface area (TPSA) is 38.0 Å². The van der Waals surface area contributed by atoms with Crippen LogP contribution in [0.2, 0.25) is 0 Å². The SMILES string of the molecule is CC(C)n1c([C@@H](C)O)nc2ccccc21. The van der Waals surface area contributed by atoms with Crippen molar-refractivity contribution < 1.29 is 5.11 Å². The third-order valence-corrected chi connectivity index (χ3v) is 2.51. The highest BCUT2D eigenvalue weighted by Gasteiger charge is 2.15. The predicted octanol–water partition coefficient (Wildman–Crippen LogP) is 2.67. The van der Waals surface area contributed by atoms with Gasteiger partial charge in [0, 0.05) is 6.04 Å². The highest BCUT2D eigenvalue weighted by Crippen LogP contribution is 2.24. The van der Waals surface area contributed by atoms with E-state index in [0.717, 1.165) is 16.9 Å². The summed E-state index contributed by atoms with van der Waals surface area (Å²) < 4.78 is 2.08. The molecule has 3 nitrogen and oxygen atoms in total. The van der Waals surface area contributed by atoms with Gasteiger partial charge in [-0.05, 0) is 32.9 Å². The summed E-state index contributed by atoms with van der Waals surface area (Å²) in [4.78, 5) is 4.45. The number of fused-ring (bicyclic) bond motifs is 1. The first-order valence-corrected chi connectivity index (χ1v) is 5.26. The lowest BCUT2D eigenvalue weighted by Gasteiger charge is -2.14. The van der Waals surface area contributed by atoms with E-state index in [2.05, 4.69) is 23.4 Å². The summed E-state index contributed by atoms with van der Waals surface area (Å²) in [6, 6.07) is 8.27. The monoisotopic (exact) mass is 204 g/mol. The van der Waals surface area contributed by atoms with E-state index in [-0.39, 0.29) is 0 Å². The average molecular weight is 204 g/mol. The van der Waals surface area contributed by atoms with Crippen molar-refractivity contribution >= 4 is 11.0 Å². The first-order chi connectivity index (χ1) is 7.11. The molecule has 0 bridgehead atoms. The van der Waals surface area contributed by atoms with Crippen molar-refractivity contribution in [3.8, 4) is 0 Å². The van der Waals surface area contributed by atoms with Gasteiger partial charge in [0.2, 0.25) is 0 Å². The lowest BCUT2D eigenvalue weighted by molar-refractivity contribution is 0.182. The lowest BCUT2D eigenvalue weighted by atomic mass is 10.3. The van der Waals surface area contributed by atoms with Crippen molar-refractivity contribution in [1.82, 2.24) is 9.55 Å². The van der Waals surface area contributed by atoms with Crippen LogP contribution < -0.4 is 0 Å². The van der Waals surface area contributed by atoms with Gasteiger partial charge >= 0.3 is 0 Å². The molecule has 15 heavy (non-hydrogen) atoms. The highest BCUT2D eigenvalue weighted by molar-refractivity contribution is 5.76. The third-order valence-electron chi connectivity index (χ3n) is 2.51. The molecule has 0 unspecified atom stereocenters. The molecule has 1 heterocycles. The van der Waals surface area contributed by atoms with Crippen LogP contribution in [0, 0.1) is 0 Å². The van der Waals surface area contributed by atoms with E-state index >= 15 is 0 Å². The molecule has 3 heteroatoms. The fourth-order valence-corrected chi connectivity index (χ4v) is 1.90. The maximum atomic E-state index is 9.67. The summed E-state index contributed by atoms with van der Waals surface area (Å²) in [5.74, 6) is 0.742. The van der Waals surface area contributed by atoms with E-state index < -0.39 is 6.10 Å². The first kappa shape index (κ1) is 10.2. The Morgan fingerprint density at radius 1 is 1.20 bits per heavy atom. The molecule has 1 N–H and O–H groups in total. The van der Waals surface area contributed by atoms with Gasteiger partial charge in [0.25, 0.3) is 0 Å². The molecule has 0 aliphatic heterocycles. The Labute approximate surface area is 89.4 Å². The number of hydrogen-bond acceptors (Lipinski definition) is 2. The number of aromatic nitrogens is 2. The molecule has 0 fully saturated rings. The van der Waals surface area contributed by atoms with E-state index in [1.165, 1.54) is 0 Å². The maximum Gasteiger partial charge on any atom is 0.138 e. The van der Waals surface area contributed by atoms with Gasteiger partial charge in [-0.1, -0.05) is 12.1 Å². The molecule has 0 aliphatic rings. The average Bonchev–Trinajstić information content (AvgIpc) is 2.56. The molecule has 0 aliphatic carbocycles. The van der Waals surface area contributed by atoms with Gasteiger partial charge in [0.1, 0.15) is 11.9 Å². The van der Waals surface area contributed by atoms with Crippen LogP contribution >= 0.6 is 0 Å². The molecule has 0 saturated carbocycles. The second-order valence-corrected chi connectivity index (χ2v) is 4.10. The van der Waals surface area contributed by atoms with Gasteiger partial charge in [-0.2, -0.15) is 0 Å². The van der Waals surface area contributed by atoms with Crippen LogP contribution in [0.15, 0.2) is 24.3 Å². The number of hydrogen-bond donors (Lipinski definition) is 1. The zero-order valence-electron chi connectivity index (χ0n) is 9.31. The molecule has 1 aromatic heterocycles. The molecule has 1 atom stereocenters.